The van der Waals surface area contributed by atoms with Crippen LogP contribution in [0.15, 0.2) is 24.3 Å². The minimum Gasteiger partial charge on any atom is -0.497 e. The molecule has 1 saturated heterocycles. The topological polar surface area (TPSA) is 55.3 Å². The van der Waals surface area contributed by atoms with Gasteiger partial charge in [-0.05, 0) is 69.2 Å². The largest absolute Gasteiger partial charge is 0.497 e. The van der Waals surface area contributed by atoms with Crippen LogP contribution in [0.2, 0.25) is 0 Å². The third-order valence-electron chi connectivity index (χ3n) is 5.86. The van der Waals surface area contributed by atoms with Crippen LogP contribution in [-0.4, -0.2) is 41.0 Å². The van der Waals surface area contributed by atoms with E-state index in [0.717, 1.165) is 70.3 Å². The zero-order valence-electron chi connectivity index (χ0n) is 17.5. The van der Waals surface area contributed by atoms with E-state index in [1.807, 2.05) is 37.8 Å². The number of aryl methyl sites for hydroxylation is 3. The summed E-state index contributed by atoms with van der Waals surface area (Å²) in [7, 11) is 1.69. The smallest absolute Gasteiger partial charge is 0.264 e. The molecule has 0 unspecified atom stereocenters. The van der Waals surface area contributed by atoms with Crippen molar-refractivity contribution in [3.8, 4) is 5.75 Å². The van der Waals surface area contributed by atoms with Gasteiger partial charge in [0.25, 0.3) is 5.91 Å². The van der Waals surface area contributed by atoms with E-state index in [0.29, 0.717) is 5.92 Å². The fourth-order valence-electron chi connectivity index (χ4n) is 4.26. The molecule has 5 nitrogen and oxygen atoms in total. The number of carbonyl (C=O) groups excluding carboxylic acids is 1. The number of fused-ring (bicyclic) bond motifs is 1. The number of benzene rings is 1. The molecule has 0 N–H and O–H groups in total. The Morgan fingerprint density at radius 1 is 1.14 bits per heavy atom. The molecule has 1 aliphatic heterocycles. The molecular formula is C23H27N3O2S. The van der Waals surface area contributed by atoms with Crippen molar-refractivity contribution >= 4 is 27.5 Å². The lowest BCUT2D eigenvalue weighted by Crippen LogP contribution is -2.38. The lowest BCUT2D eigenvalue weighted by atomic mass is 9.90. The molecule has 152 valence electrons. The Hall–Kier alpha value is -2.47. The molecule has 1 aromatic carbocycles. The summed E-state index contributed by atoms with van der Waals surface area (Å²) in [6.07, 6.45) is 3.14. The molecule has 3 aromatic rings. The summed E-state index contributed by atoms with van der Waals surface area (Å²) in [6.45, 7) is 7.55. The molecule has 0 bridgehead atoms. The van der Waals surface area contributed by atoms with E-state index >= 15 is 0 Å². The summed E-state index contributed by atoms with van der Waals surface area (Å²) in [4.78, 5) is 26.0. The summed E-state index contributed by atoms with van der Waals surface area (Å²) in [6, 6.07) is 8.32. The maximum Gasteiger partial charge on any atom is 0.264 e. The first-order chi connectivity index (χ1) is 14.0. The number of carbonyl (C=O) groups is 1. The van der Waals surface area contributed by atoms with E-state index in [-0.39, 0.29) is 5.91 Å². The number of hydrogen-bond acceptors (Lipinski definition) is 5. The second-order valence-electron chi connectivity index (χ2n) is 7.88. The van der Waals surface area contributed by atoms with E-state index in [4.69, 9.17) is 4.74 Å². The SMILES string of the molecule is COc1ccc(CC2CCN(C(=O)c3sc4nc(C)nc(C)c4c3C)CC2)cc1. The van der Waals surface area contributed by atoms with Crippen molar-refractivity contribution in [2.45, 2.75) is 40.0 Å². The molecule has 1 amide bonds. The average molecular weight is 410 g/mol. The third-order valence-corrected chi connectivity index (χ3v) is 7.04. The van der Waals surface area contributed by atoms with Gasteiger partial charge in [0.05, 0.1) is 12.0 Å². The van der Waals surface area contributed by atoms with Crippen LogP contribution in [0.5, 0.6) is 5.75 Å². The molecular weight excluding hydrogens is 382 g/mol. The van der Waals surface area contributed by atoms with Crippen LogP contribution in [-0.2, 0) is 6.42 Å². The van der Waals surface area contributed by atoms with Crippen molar-refractivity contribution in [3.63, 3.8) is 0 Å². The molecule has 4 rings (SSSR count). The molecule has 6 heteroatoms. The lowest BCUT2D eigenvalue weighted by molar-refractivity contribution is 0.0695. The molecule has 29 heavy (non-hydrogen) atoms. The van der Waals surface area contributed by atoms with Gasteiger partial charge < -0.3 is 9.64 Å². The van der Waals surface area contributed by atoms with Gasteiger partial charge in [-0.2, -0.15) is 0 Å². The van der Waals surface area contributed by atoms with Crippen LogP contribution in [0.1, 0.15) is 45.2 Å². The highest BCUT2D eigenvalue weighted by molar-refractivity contribution is 7.20. The van der Waals surface area contributed by atoms with E-state index in [1.165, 1.54) is 16.9 Å². The zero-order chi connectivity index (χ0) is 20.5. The molecule has 1 aliphatic rings. The maximum atomic E-state index is 13.2. The van der Waals surface area contributed by atoms with Gasteiger partial charge in [0.2, 0.25) is 0 Å². The number of rotatable bonds is 4. The van der Waals surface area contributed by atoms with Crippen molar-refractivity contribution in [1.82, 2.24) is 14.9 Å². The van der Waals surface area contributed by atoms with Crippen LogP contribution < -0.4 is 4.74 Å². The van der Waals surface area contributed by atoms with E-state index in [2.05, 4.69) is 22.1 Å². The number of aromatic nitrogens is 2. The van der Waals surface area contributed by atoms with Crippen molar-refractivity contribution in [2.24, 2.45) is 5.92 Å². The van der Waals surface area contributed by atoms with Crippen LogP contribution in [0.3, 0.4) is 0 Å². The highest BCUT2D eigenvalue weighted by Crippen LogP contribution is 2.33. The number of ether oxygens (including phenoxy) is 1. The van der Waals surface area contributed by atoms with E-state index < -0.39 is 0 Å². The normalized spacial score (nSPS) is 15.1. The Bertz CT molecular complexity index is 1030. The molecule has 1 fully saturated rings. The van der Waals surface area contributed by atoms with Gasteiger partial charge in [0.1, 0.15) is 16.4 Å². The first-order valence-corrected chi connectivity index (χ1v) is 10.9. The van der Waals surface area contributed by atoms with Crippen LogP contribution in [0, 0.1) is 26.7 Å². The minimum absolute atomic E-state index is 0.144. The number of hydrogen-bond donors (Lipinski definition) is 0. The fraction of sp³-hybridized carbons (Fsp3) is 0.435. The zero-order valence-corrected chi connectivity index (χ0v) is 18.3. The average Bonchev–Trinajstić information content (AvgIpc) is 3.05. The molecule has 0 spiro atoms. The highest BCUT2D eigenvalue weighted by atomic mass is 32.1. The van der Waals surface area contributed by atoms with Gasteiger partial charge in [-0.3, -0.25) is 4.79 Å². The summed E-state index contributed by atoms with van der Waals surface area (Å²) in [5.74, 6) is 2.41. The molecule has 3 heterocycles. The van der Waals surface area contributed by atoms with Crippen molar-refractivity contribution in [2.75, 3.05) is 20.2 Å². The second-order valence-corrected chi connectivity index (χ2v) is 8.88. The summed E-state index contributed by atoms with van der Waals surface area (Å²) in [5.41, 5.74) is 3.31. The Labute approximate surface area is 175 Å². The monoisotopic (exact) mass is 409 g/mol. The standard InChI is InChI=1S/C23H27N3O2S/c1-14-20-15(2)24-16(3)25-22(20)29-21(14)23(27)26-11-9-18(10-12-26)13-17-5-7-19(28-4)8-6-17/h5-8,18H,9-13H2,1-4H3. The van der Waals surface area contributed by atoms with Gasteiger partial charge in [-0.15, -0.1) is 11.3 Å². The van der Waals surface area contributed by atoms with Gasteiger partial charge in [-0.25, -0.2) is 9.97 Å². The number of methoxy groups -OCH3 is 1. The number of nitrogens with zero attached hydrogens (tertiary/aromatic N) is 3. The Balaban J connectivity index is 1.43. The van der Waals surface area contributed by atoms with Crippen LogP contribution in [0.25, 0.3) is 10.2 Å². The Morgan fingerprint density at radius 2 is 1.83 bits per heavy atom. The first kappa shape index (κ1) is 19.8. The predicted octanol–water partition coefficient (Wildman–Crippen LogP) is 4.72. The minimum atomic E-state index is 0.144. The highest BCUT2D eigenvalue weighted by Gasteiger charge is 2.27. The van der Waals surface area contributed by atoms with Crippen LogP contribution in [0.4, 0.5) is 0 Å². The Morgan fingerprint density at radius 3 is 2.48 bits per heavy atom. The summed E-state index contributed by atoms with van der Waals surface area (Å²) >= 11 is 1.51. The molecule has 0 atom stereocenters. The predicted molar refractivity (Wildman–Crippen MR) is 117 cm³/mol. The molecule has 2 aromatic heterocycles. The Kier molecular flexibility index (Phi) is 5.54. The van der Waals surface area contributed by atoms with Gasteiger partial charge in [0, 0.05) is 24.2 Å². The fourth-order valence-corrected chi connectivity index (χ4v) is 5.50. The van der Waals surface area contributed by atoms with Gasteiger partial charge in [0.15, 0.2) is 0 Å². The number of amides is 1. The molecule has 0 aliphatic carbocycles. The number of thiophene rings is 1. The number of likely N-dealkylation sites (tertiary alicyclic amines) is 1. The third kappa shape index (κ3) is 3.99. The quantitative estimate of drug-likeness (QED) is 0.626. The maximum absolute atomic E-state index is 13.2. The molecule has 0 radical (unpaired) electrons. The second kappa shape index (κ2) is 8.11. The van der Waals surface area contributed by atoms with Crippen molar-refractivity contribution < 1.29 is 9.53 Å². The lowest BCUT2D eigenvalue weighted by Gasteiger charge is -2.32. The van der Waals surface area contributed by atoms with E-state index in [1.54, 1.807) is 7.11 Å². The first-order valence-electron chi connectivity index (χ1n) is 10.1. The van der Waals surface area contributed by atoms with Crippen molar-refractivity contribution in [1.29, 1.82) is 0 Å². The summed E-state index contributed by atoms with van der Waals surface area (Å²) < 4.78 is 5.24. The van der Waals surface area contributed by atoms with Crippen LogP contribution >= 0.6 is 11.3 Å². The summed E-state index contributed by atoms with van der Waals surface area (Å²) in [5, 5.41) is 1.04. The van der Waals surface area contributed by atoms with Crippen molar-refractivity contribution in [3.05, 3.63) is 51.8 Å². The van der Waals surface area contributed by atoms with Gasteiger partial charge >= 0.3 is 0 Å². The van der Waals surface area contributed by atoms with Gasteiger partial charge in [-0.1, -0.05) is 12.1 Å². The molecule has 0 saturated carbocycles. The van der Waals surface area contributed by atoms with E-state index in [9.17, 15) is 4.79 Å². The number of piperidine rings is 1.